The van der Waals surface area contributed by atoms with E-state index < -0.39 is 11.4 Å². The normalized spacial score (nSPS) is 21.9. The molecule has 1 aromatic carbocycles. The van der Waals surface area contributed by atoms with Gasteiger partial charge in [-0.1, -0.05) is 6.07 Å². The van der Waals surface area contributed by atoms with Crippen LogP contribution < -0.4 is 5.73 Å². The van der Waals surface area contributed by atoms with Crippen LogP contribution in [0.3, 0.4) is 0 Å². The molecule has 0 aliphatic heterocycles. The van der Waals surface area contributed by atoms with Crippen LogP contribution in [-0.4, -0.2) is 22.8 Å². The molecule has 18 heavy (non-hydrogen) atoms. The van der Waals surface area contributed by atoms with Gasteiger partial charge in [0, 0.05) is 12.3 Å². The summed E-state index contributed by atoms with van der Waals surface area (Å²) in [5, 5.41) is 18.3. The first kappa shape index (κ1) is 12.9. The zero-order chi connectivity index (χ0) is 13.5. The predicted octanol–water partition coefficient (Wildman–Crippen LogP) is 1.30. The van der Waals surface area contributed by atoms with E-state index in [2.05, 4.69) is 0 Å². The fourth-order valence-corrected chi connectivity index (χ4v) is 2.75. The lowest BCUT2D eigenvalue weighted by molar-refractivity contribution is -0.147. The number of anilines is 1. The first-order chi connectivity index (χ1) is 8.39. The highest BCUT2D eigenvalue weighted by Gasteiger charge is 2.41. The second kappa shape index (κ2) is 4.28. The number of hydrogen-bond donors (Lipinski definition) is 3. The molecule has 0 unspecified atom stereocenters. The monoisotopic (exact) mass is 249 g/mol. The molecular weight excluding hydrogens is 230 g/mol. The summed E-state index contributed by atoms with van der Waals surface area (Å²) in [6.45, 7) is 3.77. The Kier molecular flexibility index (Phi) is 3.07. The third-order valence-corrected chi connectivity index (χ3v) is 3.99. The summed E-state index contributed by atoms with van der Waals surface area (Å²) in [6, 6.07) is 2.01. The number of carbonyl (C=O) groups is 1. The van der Waals surface area contributed by atoms with E-state index in [-0.39, 0.29) is 6.61 Å². The van der Waals surface area contributed by atoms with Gasteiger partial charge < -0.3 is 15.9 Å². The van der Waals surface area contributed by atoms with E-state index in [0.717, 1.165) is 22.3 Å². The number of fused-ring (bicyclic) bond motifs is 1. The van der Waals surface area contributed by atoms with Gasteiger partial charge in [0.05, 0.1) is 5.41 Å². The van der Waals surface area contributed by atoms with Crippen molar-refractivity contribution in [3.05, 3.63) is 28.3 Å². The molecule has 0 aromatic heterocycles. The van der Waals surface area contributed by atoms with Crippen molar-refractivity contribution in [2.75, 3.05) is 12.3 Å². The number of rotatable bonds is 3. The first-order valence-electron chi connectivity index (χ1n) is 6.13. The highest BCUT2D eigenvalue weighted by Crippen LogP contribution is 2.41. The van der Waals surface area contributed by atoms with Crippen molar-refractivity contribution in [3.63, 3.8) is 0 Å². The quantitative estimate of drug-likeness (QED) is 0.705. The van der Waals surface area contributed by atoms with Crippen LogP contribution in [0, 0.1) is 12.3 Å². The summed E-state index contributed by atoms with van der Waals surface area (Å²) < 4.78 is 0. The van der Waals surface area contributed by atoms with Crippen LogP contribution in [0.5, 0.6) is 0 Å². The van der Waals surface area contributed by atoms with E-state index in [9.17, 15) is 9.90 Å². The fourth-order valence-electron chi connectivity index (χ4n) is 2.75. The van der Waals surface area contributed by atoms with Crippen molar-refractivity contribution in [2.24, 2.45) is 5.41 Å². The van der Waals surface area contributed by atoms with Gasteiger partial charge >= 0.3 is 5.97 Å². The van der Waals surface area contributed by atoms with E-state index in [4.69, 9.17) is 10.8 Å². The van der Waals surface area contributed by atoms with Crippen LogP contribution >= 0.6 is 0 Å². The Labute approximate surface area is 106 Å². The molecule has 0 bridgehead atoms. The lowest BCUT2D eigenvalue weighted by Crippen LogP contribution is -2.27. The zero-order valence-electron chi connectivity index (χ0n) is 10.8. The van der Waals surface area contributed by atoms with Gasteiger partial charge in [0.1, 0.15) is 0 Å². The Morgan fingerprint density at radius 2 is 2.17 bits per heavy atom. The van der Waals surface area contributed by atoms with Gasteiger partial charge in [0.2, 0.25) is 0 Å². The molecule has 4 nitrogen and oxygen atoms in total. The summed E-state index contributed by atoms with van der Waals surface area (Å²) in [5.41, 5.74) is 10.0. The minimum atomic E-state index is -0.778. The van der Waals surface area contributed by atoms with Crippen LogP contribution in [0.1, 0.15) is 29.2 Å². The summed E-state index contributed by atoms with van der Waals surface area (Å²) in [4.78, 5) is 11.3. The number of carboxylic acid groups (broad SMARTS) is 1. The molecule has 4 heteroatoms. The third kappa shape index (κ3) is 1.86. The highest BCUT2D eigenvalue weighted by atomic mass is 16.4. The number of benzene rings is 1. The summed E-state index contributed by atoms with van der Waals surface area (Å²) in [6.07, 6.45) is 1.57. The molecule has 2 rings (SSSR count). The van der Waals surface area contributed by atoms with Gasteiger partial charge in [-0.05, 0) is 55.4 Å². The lowest BCUT2D eigenvalue weighted by Gasteiger charge is -2.16. The molecule has 0 saturated heterocycles. The number of carboxylic acids is 1. The van der Waals surface area contributed by atoms with Gasteiger partial charge in [-0.15, -0.1) is 0 Å². The molecule has 4 N–H and O–H groups in total. The maximum atomic E-state index is 11.3. The standard InChI is InChI=1S/C14H19NO3/c1-8-9(3-4-16)5-10-6-14(2,13(17)18)7-11(10)12(8)15/h5,16H,3-4,6-7,15H2,1-2H3,(H,17,18)/t14-/m0/s1. The van der Waals surface area contributed by atoms with Crippen molar-refractivity contribution in [2.45, 2.75) is 33.1 Å². The Balaban J connectivity index is 2.48. The number of aliphatic hydroxyl groups is 1. The maximum absolute atomic E-state index is 11.3. The second-order valence-electron chi connectivity index (χ2n) is 5.41. The molecule has 0 spiro atoms. The molecule has 0 radical (unpaired) electrons. The summed E-state index contributed by atoms with van der Waals surface area (Å²) in [5.74, 6) is -0.778. The Morgan fingerprint density at radius 1 is 1.50 bits per heavy atom. The smallest absolute Gasteiger partial charge is 0.310 e. The summed E-state index contributed by atoms with van der Waals surface area (Å²) >= 11 is 0. The molecule has 0 fully saturated rings. The van der Waals surface area contributed by atoms with E-state index in [1.165, 1.54) is 0 Å². The number of aliphatic carboxylic acids is 1. The second-order valence-corrected chi connectivity index (χ2v) is 5.41. The fraction of sp³-hybridized carbons (Fsp3) is 0.500. The molecule has 1 aliphatic rings. The van der Waals surface area contributed by atoms with E-state index in [1.807, 2.05) is 13.0 Å². The van der Waals surface area contributed by atoms with Gasteiger partial charge in [0.15, 0.2) is 0 Å². The molecule has 1 atom stereocenters. The molecule has 0 saturated carbocycles. The summed E-state index contributed by atoms with van der Waals surface area (Å²) in [7, 11) is 0. The first-order valence-corrected chi connectivity index (χ1v) is 6.13. The zero-order valence-corrected chi connectivity index (χ0v) is 10.8. The van der Waals surface area contributed by atoms with Crippen molar-refractivity contribution >= 4 is 11.7 Å². The van der Waals surface area contributed by atoms with Crippen LogP contribution in [0.2, 0.25) is 0 Å². The average molecular weight is 249 g/mol. The number of hydrogen-bond acceptors (Lipinski definition) is 3. The minimum absolute atomic E-state index is 0.0786. The highest BCUT2D eigenvalue weighted by molar-refractivity contribution is 5.78. The predicted molar refractivity (Wildman–Crippen MR) is 69.5 cm³/mol. The van der Waals surface area contributed by atoms with Crippen molar-refractivity contribution in [3.8, 4) is 0 Å². The van der Waals surface area contributed by atoms with Crippen LogP contribution in [0.4, 0.5) is 5.69 Å². The lowest BCUT2D eigenvalue weighted by atomic mass is 9.87. The van der Waals surface area contributed by atoms with E-state index in [1.54, 1.807) is 6.92 Å². The molecule has 0 amide bonds. The van der Waals surface area contributed by atoms with Crippen molar-refractivity contribution < 1.29 is 15.0 Å². The Bertz CT molecular complexity index is 510. The van der Waals surface area contributed by atoms with Crippen LogP contribution in [-0.2, 0) is 24.1 Å². The Morgan fingerprint density at radius 3 is 2.72 bits per heavy atom. The minimum Gasteiger partial charge on any atom is -0.481 e. The van der Waals surface area contributed by atoms with E-state index >= 15 is 0 Å². The molecular formula is C14H19NO3. The van der Waals surface area contributed by atoms with Crippen molar-refractivity contribution in [1.29, 1.82) is 0 Å². The Hall–Kier alpha value is -1.55. The molecule has 98 valence electrons. The molecule has 1 aliphatic carbocycles. The van der Waals surface area contributed by atoms with Gasteiger partial charge in [-0.2, -0.15) is 0 Å². The number of nitrogens with two attached hydrogens (primary N) is 1. The molecule has 0 heterocycles. The third-order valence-electron chi connectivity index (χ3n) is 3.99. The van der Waals surface area contributed by atoms with Gasteiger partial charge in [0.25, 0.3) is 0 Å². The topological polar surface area (TPSA) is 83.5 Å². The van der Waals surface area contributed by atoms with Crippen molar-refractivity contribution in [1.82, 2.24) is 0 Å². The van der Waals surface area contributed by atoms with E-state index in [0.29, 0.717) is 24.9 Å². The van der Waals surface area contributed by atoms with Gasteiger partial charge in [-0.3, -0.25) is 4.79 Å². The SMILES string of the molecule is Cc1c(CCO)cc2c(c1N)C[C@@](C)(C(=O)O)C2. The average Bonchev–Trinajstić information content (AvgIpc) is 2.65. The van der Waals surface area contributed by atoms with Crippen LogP contribution in [0.15, 0.2) is 6.07 Å². The van der Waals surface area contributed by atoms with Crippen LogP contribution in [0.25, 0.3) is 0 Å². The number of aliphatic hydroxyl groups excluding tert-OH is 1. The molecule has 1 aromatic rings. The maximum Gasteiger partial charge on any atom is 0.310 e. The largest absolute Gasteiger partial charge is 0.481 e. The number of nitrogen functional groups attached to an aromatic ring is 1. The van der Waals surface area contributed by atoms with Gasteiger partial charge in [-0.25, -0.2) is 0 Å².